The molecular weight excluding hydrogens is 519 g/mol. The van der Waals surface area contributed by atoms with Crippen LogP contribution in [0.1, 0.15) is 37.0 Å². The van der Waals surface area contributed by atoms with Crippen molar-refractivity contribution in [2.24, 2.45) is 0 Å². The predicted molar refractivity (Wildman–Crippen MR) is 150 cm³/mol. The Hall–Kier alpha value is -1.06. The van der Waals surface area contributed by atoms with E-state index in [0.29, 0.717) is 0 Å². The van der Waals surface area contributed by atoms with Gasteiger partial charge in [0.05, 0.1) is 0 Å². The van der Waals surface area contributed by atoms with Crippen molar-refractivity contribution >= 4 is 60.9 Å². The van der Waals surface area contributed by atoms with Gasteiger partial charge >= 0.3 is 195 Å². The van der Waals surface area contributed by atoms with Crippen LogP contribution in [0.2, 0.25) is 0 Å². The maximum atomic E-state index is 2.44. The van der Waals surface area contributed by atoms with Gasteiger partial charge in [0.1, 0.15) is 0 Å². The van der Waals surface area contributed by atoms with Gasteiger partial charge in [-0.2, -0.15) is 0 Å². The normalized spacial score (nSPS) is 13.2. The number of aryl methyl sites for hydroxylation is 3. The second-order valence-corrected chi connectivity index (χ2v) is 13.5. The molecule has 0 heterocycles. The molecule has 3 aromatic carbocycles. The number of rotatable bonds is 4. The van der Waals surface area contributed by atoms with Crippen LogP contribution in [0.25, 0.3) is 0 Å². The zero-order chi connectivity index (χ0) is 21.5. The second-order valence-electron chi connectivity index (χ2n) is 8.74. The van der Waals surface area contributed by atoms with Crippen LogP contribution in [0.3, 0.4) is 0 Å². The molecule has 0 bridgehead atoms. The molecule has 1 aliphatic rings. The minimum atomic E-state index is -2.39. The van der Waals surface area contributed by atoms with Crippen molar-refractivity contribution < 1.29 is 20.4 Å². The van der Waals surface area contributed by atoms with E-state index in [4.69, 9.17) is 0 Å². The van der Waals surface area contributed by atoms with Crippen LogP contribution >= 0.6 is 37.2 Å². The minimum Gasteiger partial charge on any atom is -0.147 e. The van der Waals surface area contributed by atoms with Crippen LogP contribution in [0.5, 0.6) is 0 Å². The molecule has 0 fully saturated rings. The summed E-state index contributed by atoms with van der Waals surface area (Å²) in [5.74, 6) is 0. The van der Waals surface area contributed by atoms with E-state index in [0.717, 1.165) is 6.42 Å². The SMILES string of the molecule is CC1=[C]([Ti])CC([Si](c2cccc(C)c2)(c2cccc(C)c2)c2cccc(C)c2)=C1C.Cl.Cl.Cl. The fraction of sp³-hybridized carbons (Fsp3) is 0.214. The Bertz CT molecular complexity index is 1090. The van der Waals surface area contributed by atoms with Crippen molar-refractivity contribution in [3.05, 3.63) is 110 Å². The molecule has 5 heteroatoms. The first-order chi connectivity index (χ1) is 14.3. The Kier molecular flexibility index (Phi) is 11.0. The molecule has 4 rings (SSSR count). The van der Waals surface area contributed by atoms with Crippen molar-refractivity contribution in [2.45, 2.75) is 41.0 Å². The third kappa shape index (κ3) is 5.45. The van der Waals surface area contributed by atoms with Crippen LogP contribution in [-0.4, -0.2) is 8.07 Å². The summed E-state index contributed by atoms with van der Waals surface area (Å²) >= 11 is 2.31. The number of hydrogen-bond donors (Lipinski definition) is 0. The van der Waals surface area contributed by atoms with Crippen LogP contribution in [0.15, 0.2) is 93.0 Å². The molecule has 0 N–H and O–H groups in total. The van der Waals surface area contributed by atoms with E-state index in [1.54, 1.807) is 5.20 Å². The molecule has 0 atom stereocenters. The fourth-order valence-electron chi connectivity index (χ4n) is 4.97. The van der Waals surface area contributed by atoms with E-state index >= 15 is 0 Å². The molecule has 0 saturated heterocycles. The van der Waals surface area contributed by atoms with Gasteiger partial charge in [0.15, 0.2) is 0 Å². The molecule has 0 aromatic heterocycles. The van der Waals surface area contributed by atoms with Crippen molar-refractivity contribution in [3.63, 3.8) is 0 Å². The summed E-state index contributed by atoms with van der Waals surface area (Å²) in [6.07, 6.45) is 1.08. The van der Waals surface area contributed by atoms with Gasteiger partial charge in [0.2, 0.25) is 0 Å². The van der Waals surface area contributed by atoms with Gasteiger partial charge in [-0.05, 0) is 0 Å². The number of hydrogen-bond acceptors (Lipinski definition) is 0. The van der Waals surface area contributed by atoms with Crippen molar-refractivity contribution in [2.75, 3.05) is 0 Å². The van der Waals surface area contributed by atoms with E-state index in [1.807, 2.05) is 0 Å². The molecule has 0 unspecified atom stereocenters. The van der Waals surface area contributed by atoms with Crippen molar-refractivity contribution in [3.8, 4) is 0 Å². The summed E-state index contributed by atoms with van der Waals surface area (Å²) in [6, 6.07) is 27.9. The maximum Gasteiger partial charge on any atom is -0.147 e. The summed E-state index contributed by atoms with van der Waals surface area (Å²) in [5.41, 5.74) is 6.99. The molecule has 0 spiro atoms. The van der Waals surface area contributed by atoms with Gasteiger partial charge in [-0.3, -0.25) is 0 Å². The monoisotopic (exact) mass is 549 g/mol. The largest absolute Gasteiger partial charge is 0.147 e. The smallest absolute Gasteiger partial charge is 0.147 e. The van der Waals surface area contributed by atoms with Crippen molar-refractivity contribution in [1.29, 1.82) is 0 Å². The third-order valence-electron chi connectivity index (χ3n) is 6.63. The van der Waals surface area contributed by atoms with Crippen molar-refractivity contribution in [1.82, 2.24) is 0 Å². The molecule has 0 radical (unpaired) electrons. The Balaban J connectivity index is 0.00000181. The average Bonchev–Trinajstić information content (AvgIpc) is 2.97. The molecule has 0 saturated carbocycles. The topological polar surface area (TPSA) is 0 Å². The summed E-state index contributed by atoms with van der Waals surface area (Å²) < 4.78 is 1.52. The van der Waals surface area contributed by atoms with Gasteiger partial charge in [-0.15, -0.1) is 37.2 Å². The van der Waals surface area contributed by atoms with Crippen LogP contribution < -0.4 is 15.6 Å². The standard InChI is InChI=1S/C28H29Si.3ClH.Ti/c1-20-9-6-12-25(17-20)29(26-13-7-10-21(2)18-26,27-14-8-11-22(3)19-27)28-16-15-23(4)24(28)5;;;;/h6-14,17-19H,16H2,1-5H3;3*1H;. The van der Waals surface area contributed by atoms with Gasteiger partial charge < -0.3 is 0 Å². The van der Waals surface area contributed by atoms with E-state index in [2.05, 4.69) is 128 Å². The molecule has 0 amide bonds. The first-order valence-electron chi connectivity index (χ1n) is 10.7. The number of halogens is 3. The van der Waals surface area contributed by atoms with E-state index < -0.39 is 8.07 Å². The first-order valence-corrected chi connectivity index (χ1v) is 13.5. The summed E-state index contributed by atoms with van der Waals surface area (Å²) in [4.78, 5) is 0. The quantitative estimate of drug-likeness (QED) is 0.260. The molecular formula is C28H32Cl3SiTi. The Morgan fingerprint density at radius 3 is 1.21 bits per heavy atom. The first kappa shape index (κ1) is 30.0. The second kappa shape index (κ2) is 12.1. The molecule has 1 aliphatic carbocycles. The van der Waals surface area contributed by atoms with E-state index in [1.165, 1.54) is 47.3 Å². The Morgan fingerprint density at radius 1 is 0.576 bits per heavy atom. The molecule has 173 valence electrons. The van der Waals surface area contributed by atoms with E-state index in [-0.39, 0.29) is 37.2 Å². The zero-order valence-corrected chi connectivity index (χ0v) is 24.9. The summed E-state index contributed by atoms with van der Waals surface area (Å²) in [5, 5.41) is 6.14. The van der Waals surface area contributed by atoms with E-state index in [9.17, 15) is 0 Å². The van der Waals surface area contributed by atoms with Crippen LogP contribution in [-0.2, 0) is 20.4 Å². The van der Waals surface area contributed by atoms with Crippen LogP contribution in [0, 0.1) is 20.8 Å². The van der Waals surface area contributed by atoms with Gasteiger partial charge in [0, 0.05) is 0 Å². The predicted octanol–water partition coefficient (Wildman–Crippen LogP) is 6.43. The van der Waals surface area contributed by atoms with Gasteiger partial charge in [-0.25, -0.2) is 0 Å². The molecule has 33 heavy (non-hydrogen) atoms. The number of allylic oxidation sites excluding steroid dienone is 4. The fourth-order valence-corrected chi connectivity index (χ4v) is 11.4. The van der Waals surface area contributed by atoms with Gasteiger partial charge in [-0.1, -0.05) is 0 Å². The average molecular weight is 551 g/mol. The van der Waals surface area contributed by atoms with Gasteiger partial charge in [0.25, 0.3) is 0 Å². The third-order valence-corrected chi connectivity index (χ3v) is 12.5. The molecule has 0 nitrogen and oxygen atoms in total. The van der Waals surface area contributed by atoms with Crippen LogP contribution in [0.4, 0.5) is 0 Å². The Labute approximate surface area is 230 Å². The molecule has 0 aliphatic heterocycles. The zero-order valence-electron chi connectivity index (χ0n) is 19.9. The molecule has 3 aromatic rings. The summed E-state index contributed by atoms with van der Waals surface area (Å²) in [6.45, 7) is 11.3. The Morgan fingerprint density at radius 2 is 0.939 bits per heavy atom. The summed E-state index contributed by atoms with van der Waals surface area (Å²) in [7, 11) is -2.39. The maximum absolute atomic E-state index is 2.44. The minimum absolute atomic E-state index is 0. The number of benzene rings is 3.